The van der Waals surface area contributed by atoms with Crippen molar-refractivity contribution in [3.05, 3.63) is 23.8 Å². The lowest BCUT2D eigenvalue weighted by molar-refractivity contribution is -0.124. The second kappa shape index (κ2) is 7.89. The number of hydrogen-bond acceptors (Lipinski definition) is 4. The summed E-state index contributed by atoms with van der Waals surface area (Å²) in [5, 5.41) is 3.09. The Morgan fingerprint density at radius 3 is 2.76 bits per heavy atom. The Morgan fingerprint density at radius 2 is 2.12 bits per heavy atom. The molecule has 0 radical (unpaired) electrons. The van der Waals surface area contributed by atoms with Crippen molar-refractivity contribution in [2.45, 2.75) is 45.6 Å². The predicted molar refractivity (Wildman–Crippen MR) is 95.0 cm³/mol. The molecule has 1 aromatic rings. The van der Waals surface area contributed by atoms with Crippen LogP contribution in [0.2, 0.25) is 0 Å². The fourth-order valence-corrected chi connectivity index (χ4v) is 4.44. The van der Waals surface area contributed by atoms with Crippen LogP contribution < -0.4 is 14.8 Å². The van der Waals surface area contributed by atoms with E-state index in [1.807, 2.05) is 6.92 Å². The Kier molecular flexibility index (Phi) is 5.61. The van der Waals surface area contributed by atoms with Crippen LogP contribution in [0.1, 0.15) is 49.9 Å². The average molecular weight is 345 g/mol. The Balaban J connectivity index is 1.52. The number of amides is 1. The van der Waals surface area contributed by atoms with Gasteiger partial charge in [-0.3, -0.25) is 9.59 Å². The van der Waals surface area contributed by atoms with E-state index in [1.165, 1.54) is 25.7 Å². The summed E-state index contributed by atoms with van der Waals surface area (Å²) >= 11 is 0. The van der Waals surface area contributed by atoms with Gasteiger partial charge in [0.15, 0.2) is 18.1 Å². The quantitative estimate of drug-likeness (QED) is 0.735. The molecule has 2 aliphatic carbocycles. The van der Waals surface area contributed by atoms with Crippen molar-refractivity contribution in [1.29, 1.82) is 0 Å². The van der Waals surface area contributed by atoms with Crippen molar-refractivity contribution in [2.75, 3.05) is 13.2 Å². The fourth-order valence-electron chi connectivity index (χ4n) is 4.44. The van der Waals surface area contributed by atoms with Crippen molar-refractivity contribution in [2.24, 2.45) is 17.8 Å². The van der Waals surface area contributed by atoms with Crippen molar-refractivity contribution in [1.82, 2.24) is 5.32 Å². The van der Waals surface area contributed by atoms with Gasteiger partial charge in [-0.2, -0.15) is 0 Å². The van der Waals surface area contributed by atoms with Gasteiger partial charge in [0, 0.05) is 11.6 Å². The SMILES string of the molecule is CCOc1cc(C=O)ccc1OCC(=O)NC(C)C1CC2CCC1C2. The Morgan fingerprint density at radius 1 is 1.28 bits per heavy atom. The molecule has 1 N–H and O–H groups in total. The van der Waals surface area contributed by atoms with Crippen LogP contribution in [-0.2, 0) is 4.79 Å². The van der Waals surface area contributed by atoms with Gasteiger partial charge in [0.25, 0.3) is 5.91 Å². The molecule has 2 bridgehead atoms. The molecule has 0 aromatic heterocycles. The van der Waals surface area contributed by atoms with Crippen LogP contribution in [0.5, 0.6) is 11.5 Å². The highest BCUT2D eigenvalue weighted by Crippen LogP contribution is 2.49. The van der Waals surface area contributed by atoms with Crippen LogP contribution in [0.4, 0.5) is 0 Å². The van der Waals surface area contributed by atoms with E-state index in [2.05, 4.69) is 12.2 Å². The molecule has 136 valence electrons. The molecule has 25 heavy (non-hydrogen) atoms. The van der Waals surface area contributed by atoms with Crippen molar-refractivity contribution >= 4 is 12.2 Å². The lowest BCUT2D eigenvalue weighted by Crippen LogP contribution is -2.42. The van der Waals surface area contributed by atoms with E-state index in [0.29, 0.717) is 29.6 Å². The van der Waals surface area contributed by atoms with Gasteiger partial charge < -0.3 is 14.8 Å². The summed E-state index contributed by atoms with van der Waals surface area (Å²) in [4.78, 5) is 23.1. The molecule has 4 unspecified atom stereocenters. The maximum atomic E-state index is 12.2. The molecular formula is C20H27NO4. The summed E-state index contributed by atoms with van der Waals surface area (Å²) in [6.07, 6.45) is 6.02. The standard InChI is InChI=1S/C20H27NO4/c1-3-24-19-10-15(11-22)5-7-18(19)25-12-20(23)21-13(2)17-9-14-4-6-16(17)8-14/h5,7,10-11,13-14,16-17H,3-4,6,8-9,12H2,1-2H3,(H,21,23). The largest absolute Gasteiger partial charge is 0.490 e. The van der Waals surface area contributed by atoms with Crippen LogP contribution in [0.15, 0.2) is 18.2 Å². The van der Waals surface area contributed by atoms with Crippen LogP contribution in [0.25, 0.3) is 0 Å². The summed E-state index contributed by atoms with van der Waals surface area (Å²) in [7, 11) is 0. The summed E-state index contributed by atoms with van der Waals surface area (Å²) in [6.45, 7) is 4.38. The Labute approximate surface area is 149 Å². The summed E-state index contributed by atoms with van der Waals surface area (Å²) < 4.78 is 11.1. The summed E-state index contributed by atoms with van der Waals surface area (Å²) in [6, 6.07) is 5.14. The smallest absolute Gasteiger partial charge is 0.258 e. The second-order valence-electron chi connectivity index (χ2n) is 7.24. The first-order valence-electron chi connectivity index (χ1n) is 9.24. The molecule has 3 rings (SSSR count). The minimum atomic E-state index is -0.114. The highest BCUT2D eigenvalue weighted by Gasteiger charge is 2.42. The molecule has 0 heterocycles. The fraction of sp³-hybridized carbons (Fsp3) is 0.600. The number of benzene rings is 1. The van der Waals surface area contributed by atoms with Crippen LogP contribution >= 0.6 is 0 Å². The van der Waals surface area contributed by atoms with E-state index < -0.39 is 0 Å². The van der Waals surface area contributed by atoms with Crippen LogP contribution in [0.3, 0.4) is 0 Å². The van der Waals surface area contributed by atoms with E-state index in [9.17, 15) is 9.59 Å². The highest BCUT2D eigenvalue weighted by atomic mass is 16.5. The van der Waals surface area contributed by atoms with Gasteiger partial charge in [0.2, 0.25) is 0 Å². The molecular weight excluding hydrogens is 318 g/mol. The molecule has 2 aliphatic rings. The molecule has 5 nitrogen and oxygen atoms in total. The zero-order valence-corrected chi connectivity index (χ0v) is 15.0. The second-order valence-corrected chi connectivity index (χ2v) is 7.24. The van der Waals surface area contributed by atoms with Crippen LogP contribution in [0, 0.1) is 17.8 Å². The molecule has 4 atom stereocenters. The van der Waals surface area contributed by atoms with Gasteiger partial charge >= 0.3 is 0 Å². The van der Waals surface area contributed by atoms with Gasteiger partial charge in [-0.25, -0.2) is 0 Å². The molecule has 0 spiro atoms. The van der Waals surface area contributed by atoms with Gasteiger partial charge in [0.05, 0.1) is 6.61 Å². The summed E-state index contributed by atoms with van der Waals surface area (Å²) in [5.74, 6) is 3.11. The molecule has 2 saturated carbocycles. The number of hydrogen-bond donors (Lipinski definition) is 1. The lowest BCUT2D eigenvalue weighted by Gasteiger charge is -2.28. The molecule has 1 aromatic carbocycles. The average Bonchev–Trinajstić information content (AvgIpc) is 3.24. The monoisotopic (exact) mass is 345 g/mol. The number of carbonyl (C=O) groups excluding carboxylic acids is 2. The third-order valence-corrected chi connectivity index (χ3v) is 5.59. The van der Waals surface area contributed by atoms with Crippen molar-refractivity contribution in [3.63, 3.8) is 0 Å². The first-order chi connectivity index (χ1) is 12.1. The number of nitrogens with one attached hydrogen (secondary N) is 1. The van der Waals surface area contributed by atoms with Crippen molar-refractivity contribution < 1.29 is 19.1 Å². The topological polar surface area (TPSA) is 64.6 Å². The number of ether oxygens (including phenoxy) is 2. The van der Waals surface area contributed by atoms with E-state index >= 15 is 0 Å². The normalized spacial score (nSPS) is 25.4. The number of aldehydes is 1. The maximum absolute atomic E-state index is 12.2. The van der Waals surface area contributed by atoms with E-state index in [-0.39, 0.29) is 18.6 Å². The number of fused-ring (bicyclic) bond motifs is 2. The number of carbonyl (C=O) groups is 2. The maximum Gasteiger partial charge on any atom is 0.258 e. The molecule has 1 amide bonds. The van der Waals surface area contributed by atoms with E-state index in [0.717, 1.165) is 18.1 Å². The first kappa shape index (κ1) is 17.8. The van der Waals surface area contributed by atoms with Gasteiger partial charge in [-0.15, -0.1) is 0 Å². The Bertz CT molecular complexity index is 630. The predicted octanol–water partition coefficient (Wildman–Crippen LogP) is 3.22. The molecule has 2 fully saturated rings. The van der Waals surface area contributed by atoms with Crippen LogP contribution in [-0.4, -0.2) is 31.4 Å². The van der Waals surface area contributed by atoms with Gasteiger partial charge in [-0.05, 0) is 69.1 Å². The van der Waals surface area contributed by atoms with Gasteiger partial charge in [-0.1, -0.05) is 6.42 Å². The highest BCUT2D eigenvalue weighted by molar-refractivity contribution is 5.78. The van der Waals surface area contributed by atoms with Gasteiger partial charge in [0.1, 0.15) is 6.29 Å². The summed E-state index contributed by atoms with van der Waals surface area (Å²) in [5.41, 5.74) is 0.519. The van der Waals surface area contributed by atoms with E-state index in [1.54, 1.807) is 18.2 Å². The Hall–Kier alpha value is -2.04. The molecule has 0 saturated heterocycles. The van der Waals surface area contributed by atoms with E-state index in [4.69, 9.17) is 9.47 Å². The zero-order chi connectivity index (χ0) is 17.8. The lowest BCUT2D eigenvalue weighted by atomic mass is 9.84. The van der Waals surface area contributed by atoms with Crippen molar-refractivity contribution in [3.8, 4) is 11.5 Å². The minimum absolute atomic E-state index is 0.0499. The third kappa shape index (κ3) is 4.14. The zero-order valence-electron chi connectivity index (χ0n) is 15.0. The third-order valence-electron chi connectivity index (χ3n) is 5.59. The first-order valence-corrected chi connectivity index (χ1v) is 9.24. The minimum Gasteiger partial charge on any atom is -0.490 e. The number of rotatable bonds is 8. The molecule has 0 aliphatic heterocycles. The molecule has 5 heteroatoms.